The van der Waals surface area contributed by atoms with Crippen molar-refractivity contribution in [1.82, 2.24) is 15.1 Å². The summed E-state index contributed by atoms with van der Waals surface area (Å²) < 4.78 is 0. The Labute approximate surface area is 144 Å². The van der Waals surface area contributed by atoms with Crippen molar-refractivity contribution in [3.8, 4) is 0 Å². The molecule has 0 spiro atoms. The van der Waals surface area contributed by atoms with E-state index < -0.39 is 6.04 Å². The highest BCUT2D eigenvalue weighted by atomic mass is 16.2. The minimum absolute atomic E-state index is 0.0213. The molecule has 0 aliphatic carbocycles. The molecule has 1 aromatic heterocycles. The van der Waals surface area contributed by atoms with E-state index in [1.165, 1.54) is 0 Å². The summed E-state index contributed by atoms with van der Waals surface area (Å²) >= 11 is 0. The summed E-state index contributed by atoms with van der Waals surface area (Å²) in [4.78, 5) is 26.6. The Bertz CT molecular complexity index is 919. The number of amides is 2. The number of aromatic amines is 1. The van der Waals surface area contributed by atoms with Crippen molar-refractivity contribution in [3.05, 3.63) is 60.3 Å². The molecule has 2 N–H and O–H groups in total. The van der Waals surface area contributed by atoms with Gasteiger partial charge in [0.1, 0.15) is 6.04 Å². The van der Waals surface area contributed by atoms with Gasteiger partial charge in [0, 0.05) is 24.0 Å². The standard InChI is InChI=1S/C19H18N4O2/c24-18-9-8-17(23(18)12-13-4-2-1-3-5-13)19(25)21-15-7-6-14-11-20-22-16(14)10-15/h1-7,10-11,17H,8-9,12H2,(H,20,22)(H,21,25). The van der Waals surface area contributed by atoms with Gasteiger partial charge in [0.15, 0.2) is 0 Å². The molecule has 6 nitrogen and oxygen atoms in total. The summed E-state index contributed by atoms with van der Waals surface area (Å²) in [6, 6.07) is 14.9. The van der Waals surface area contributed by atoms with E-state index in [1.807, 2.05) is 48.5 Å². The molecule has 1 fully saturated rings. The van der Waals surface area contributed by atoms with Gasteiger partial charge in [-0.1, -0.05) is 30.3 Å². The van der Waals surface area contributed by atoms with E-state index in [1.54, 1.807) is 11.1 Å². The van der Waals surface area contributed by atoms with Crippen molar-refractivity contribution < 1.29 is 9.59 Å². The Morgan fingerprint density at radius 3 is 2.92 bits per heavy atom. The van der Waals surface area contributed by atoms with E-state index in [-0.39, 0.29) is 11.8 Å². The normalized spacial score (nSPS) is 17.2. The second-order valence-corrected chi connectivity index (χ2v) is 6.22. The van der Waals surface area contributed by atoms with Gasteiger partial charge in [0.2, 0.25) is 11.8 Å². The van der Waals surface area contributed by atoms with Crippen molar-refractivity contribution in [1.29, 1.82) is 0 Å². The summed E-state index contributed by atoms with van der Waals surface area (Å²) in [5.74, 6) is -0.131. The molecule has 25 heavy (non-hydrogen) atoms. The molecule has 1 saturated heterocycles. The summed E-state index contributed by atoms with van der Waals surface area (Å²) in [5.41, 5.74) is 2.58. The van der Waals surface area contributed by atoms with Gasteiger partial charge in [-0.05, 0) is 30.2 Å². The van der Waals surface area contributed by atoms with Crippen LogP contribution in [0, 0.1) is 0 Å². The van der Waals surface area contributed by atoms with Crippen LogP contribution >= 0.6 is 0 Å². The molecule has 0 bridgehead atoms. The summed E-state index contributed by atoms with van der Waals surface area (Å²) in [6.07, 6.45) is 2.69. The third-order valence-electron chi connectivity index (χ3n) is 4.54. The van der Waals surface area contributed by atoms with Crippen LogP contribution in [0.1, 0.15) is 18.4 Å². The van der Waals surface area contributed by atoms with Crippen molar-refractivity contribution in [2.24, 2.45) is 0 Å². The number of likely N-dealkylation sites (tertiary alicyclic amines) is 1. The smallest absolute Gasteiger partial charge is 0.247 e. The van der Waals surface area contributed by atoms with Crippen LogP contribution in [0.4, 0.5) is 5.69 Å². The maximum absolute atomic E-state index is 12.7. The summed E-state index contributed by atoms with van der Waals surface area (Å²) in [5, 5.41) is 10.8. The van der Waals surface area contributed by atoms with Crippen LogP contribution in [0.15, 0.2) is 54.7 Å². The lowest BCUT2D eigenvalue weighted by atomic mass is 10.1. The average Bonchev–Trinajstić information content (AvgIpc) is 3.23. The number of carbonyl (C=O) groups excluding carboxylic acids is 2. The first-order valence-electron chi connectivity index (χ1n) is 8.28. The lowest BCUT2D eigenvalue weighted by molar-refractivity contribution is -0.133. The Hall–Kier alpha value is -3.15. The molecule has 2 amide bonds. The zero-order chi connectivity index (χ0) is 17.2. The number of H-pyrrole nitrogens is 1. The van der Waals surface area contributed by atoms with Crippen molar-refractivity contribution in [2.75, 3.05) is 5.32 Å². The molecule has 1 aliphatic rings. The van der Waals surface area contributed by atoms with Gasteiger partial charge in [0.25, 0.3) is 0 Å². The molecular formula is C19H18N4O2. The molecule has 4 rings (SSSR count). The first kappa shape index (κ1) is 15.4. The molecular weight excluding hydrogens is 316 g/mol. The van der Waals surface area contributed by atoms with E-state index in [0.717, 1.165) is 16.5 Å². The van der Waals surface area contributed by atoms with Crippen LogP contribution in [0.5, 0.6) is 0 Å². The van der Waals surface area contributed by atoms with Crippen LogP contribution in [0.3, 0.4) is 0 Å². The zero-order valence-corrected chi connectivity index (χ0v) is 13.6. The SMILES string of the molecule is O=C(Nc1ccc2cn[nH]c2c1)C1CCC(=O)N1Cc1ccccc1. The predicted octanol–water partition coefficient (Wildman–Crippen LogP) is 2.69. The first-order valence-corrected chi connectivity index (χ1v) is 8.28. The number of benzene rings is 2. The van der Waals surface area contributed by atoms with Crippen molar-refractivity contribution in [3.63, 3.8) is 0 Å². The van der Waals surface area contributed by atoms with Crippen LogP contribution in [-0.4, -0.2) is 33.0 Å². The summed E-state index contributed by atoms with van der Waals surface area (Å²) in [7, 11) is 0. The van der Waals surface area contributed by atoms with E-state index >= 15 is 0 Å². The molecule has 1 atom stereocenters. The zero-order valence-electron chi connectivity index (χ0n) is 13.6. The number of rotatable bonds is 4. The van der Waals surface area contributed by atoms with Gasteiger partial charge >= 0.3 is 0 Å². The van der Waals surface area contributed by atoms with E-state index in [4.69, 9.17) is 0 Å². The van der Waals surface area contributed by atoms with Crippen molar-refractivity contribution >= 4 is 28.4 Å². The number of nitrogens with one attached hydrogen (secondary N) is 2. The molecule has 6 heteroatoms. The fourth-order valence-electron chi connectivity index (χ4n) is 3.22. The minimum atomic E-state index is -0.440. The van der Waals surface area contributed by atoms with Crippen LogP contribution in [0.25, 0.3) is 10.9 Å². The third-order valence-corrected chi connectivity index (χ3v) is 4.54. The maximum Gasteiger partial charge on any atom is 0.247 e. The second-order valence-electron chi connectivity index (χ2n) is 6.22. The predicted molar refractivity (Wildman–Crippen MR) is 94.7 cm³/mol. The quantitative estimate of drug-likeness (QED) is 0.770. The number of nitrogens with zero attached hydrogens (tertiary/aromatic N) is 2. The molecule has 2 heterocycles. The highest BCUT2D eigenvalue weighted by Crippen LogP contribution is 2.24. The van der Waals surface area contributed by atoms with Crippen LogP contribution in [0.2, 0.25) is 0 Å². The maximum atomic E-state index is 12.7. The Balaban J connectivity index is 1.50. The van der Waals surface area contributed by atoms with Gasteiger partial charge in [0.05, 0.1) is 11.7 Å². The number of hydrogen-bond donors (Lipinski definition) is 2. The third kappa shape index (κ3) is 3.10. The van der Waals surface area contributed by atoms with Gasteiger partial charge < -0.3 is 10.2 Å². The Morgan fingerprint density at radius 1 is 1.24 bits per heavy atom. The molecule has 126 valence electrons. The Morgan fingerprint density at radius 2 is 2.08 bits per heavy atom. The molecule has 1 aliphatic heterocycles. The van der Waals surface area contributed by atoms with Gasteiger partial charge in [-0.3, -0.25) is 14.7 Å². The topological polar surface area (TPSA) is 78.1 Å². The minimum Gasteiger partial charge on any atom is -0.326 e. The molecule has 0 radical (unpaired) electrons. The van der Waals surface area contributed by atoms with E-state index in [9.17, 15) is 9.59 Å². The highest BCUT2D eigenvalue weighted by molar-refractivity contribution is 6.00. The van der Waals surface area contributed by atoms with Gasteiger partial charge in [-0.25, -0.2) is 0 Å². The lowest BCUT2D eigenvalue weighted by Crippen LogP contribution is -2.41. The number of carbonyl (C=O) groups is 2. The largest absolute Gasteiger partial charge is 0.326 e. The monoisotopic (exact) mass is 334 g/mol. The molecule has 3 aromatic rings. The number of anilines is 1. The highest BCUT2D eigenvalue weighted by Gasteiger charge is 2.35. The Kier molecular flexibility index (Phi) is 3.93. The fourth-order valence-corrected chi connectivity index (χ4v) is 3.22. The molecule has 1 unspecified atom stereocenters. The van der Waals surface area contributed by atoms with Crippen LogP contribution in [-0.2, 0) is 16.1 Å². The van der Waals surface area contributed by atoms with Crippen LogP contribution < -0.4 is 5.32 Å². The molecule has 2 aromatic carbocycles. The van der Waals surface area contributed by atoms with Gasteiger partial charge in [-0.2, -0.15) is 5.10 Å². The number of hydrogen-bond acceptors (Lipinski definition) is 3. The summed E-state index contributed by atoms with van der Waals surface area (Å²) in [6.45, 7) is 0.456. The number of fused-ring (bicyclic) bond motifs is 1. The van der Waals surface area contributed by atoms with Gasteiger partial charge in [-0.15, -0.1) is 0 Å². The van der Waals surface area contributed by atoms with E-state index in [2.05, 4.69) is 15.5 Å². The fraction of sp³-hybridized carbons (Fsp3) is 0.211. The first-order chi connectivity index (χ1) is 12.2. The second kappa shape index (κ2) is 6.39. The number of aromatic nitrogens is 2. The molecule has 0 saturated carbocycles. The lowest BCUT2D eigenvalue weighted by Gasteiger charge is -2.24. The van der Waals surface area contributed by atoms with Crippen molar-refractivity contribution in [2.45, 2.75) is 25.4 Å². The average molecular weight is 334 g/mol. The van der Waals surface area contributed by atoms with E-state index in [0.29, 0.717) is 25.1 Å².